The third-order valence-electron chi connectivity index (χ3n) is 4.74. The second kappa shape index (κ2) is 7.72. The molecule has 27 heavy (non-hydrogen) atoms. The van der Waals surface area contributed by atoms with Crippen molar-refractivity contribution in [2.45, 2.75) is 19.1 Å². The first-order valence-corrected chi connectivity index (χ1v) is 10.8. The topological polar surface area (TPSA) is 63.7 Å². The average Bonchev–Trinajstić information content (AvgIpc) is 2.59. The van der Waals surface area contributed by atoms with Gasteiger partial charge >= 0.3 is 0 Å². The summed E-state index contributed by atoms with van der Waals surface area (Å²) >= 11 is 0. The zero-order valence-corrected chi connectivity index (χ0v) is 16.7. The van der Waals surface area contributed by atoms with E-state index in [1.165, 1.54) is 0 Å². The molecule has 2 aromatic rings. The van der Waals surface area contributed by atoms with E-state index in [1.54, 1.807) is 24.1 Å². The monoisotopic (exact) mass is 387 g/mol. The van der Waals surface area contributed by atoms with E-state index in [0.717, 1.165) is 16.9 Å². The fourth-order valence-electron chi connectivity index (χ4n) is 3.22. The number of nitrogens with zero attached hydrogens (tertiary/aromatic N) is 1. The summed E-state index contributed by atoms with van der Waals surface area (Å²) < 4.78 is 29.7. The van der Waals surface area contributed by atoms with Crippen LogP contribution in [0, 0.1) is 5.92 Å². The van der Waals surface area contributed by atoms with Gasteiger partial charge in [-0.2, -0.15) is 0 Å². The number of ether oxygens (including phenoxy) is 1. The molecule has 1 amide bonds. The van der Waals surface area contributed by atoms with Gasteiger partial charge in [0.15, 0.2) is 9.84 Å². The summed E-state index contributed by atoms with van der Waals surface area (Å²) in [5.41, 5.74) is 2.57. The van der Waals surface area contributed by atoms with Crippen LogP contribution < -0.4 is 4.74 Å². The molecule has 0 radical (unpaired) electrons. The zero-order chi connectivity index (χ0) is 19.6. The maximum atomic E-state index is 12.6. The van der Waals surface area contributed by atoms with Gasteiger partial charge in [-0.15, -0.1) is 0 Å². The number of rotatable bonds is 6. The Morgan fingerprint density at radius 2 is 1.78 bits per heavy atom. The van der Waals surface area contributed by atoms with Gasteiger partial charge in [0.25, 0.3) is 5.91 Å². The summed E-state index contributed by atoms with van der Waals surface area (Å²) in [6.07, 6.45) is 0. The summed E-state index contributed by atoms with van der Waals surface area (Å²) in [6, 6.07) is 15.1. The van der Waals surface area contributed by atoms with Crippen molar-refractivity contribution in [1.82, 2.24) is 4.90 Å². The molecule has 0 spiro atoms. The highest BCUT2D eigenvalue weighted by Crippen LogP contribution is 2.26. The second-order valence-electron chi connectivity index (χ2n) is 7.36. The molecule has 2 aromatic carbocycles. The highest BCUT2D eigenvalue weighted by molar-refractivity contribution is 7.92. The van der Waals surface area contributed by atoms with E-state index in [9.17, 15) is 13.2 Å². The molecule has 6 heteroatoms. The molecule has 5 nitrogen and oxygen atoms in total. The van der Waals surface area contributed by atoms with Crippen molar-refractivity contribution in [1.29, 1.82) is 0 Å². The van der Waals surface area contributed by atoms with Crippen molar-refractivity contribution in [2.24, 2.45) is 5.92 Å². The Morgan fingerprint density at radius 1 is 1.11 bits per heavy atom. The van der Waals surface area contributed by atoms with Gasteiger partial charge in [-0.05, 0) is 41.3 Å². The zero-order valence-electron chi connectivity index (χ0n) is 15.9. The van der Waals surface area contributed by atoms with Gasteiger partial charge < -0.3 is 9.64 Å². The van der Waals surface area contributed by atoms with Crippen LogP contribution in [0.4, 0.5) is 0 Å². The van der Waals surface area contributed by atoms with Crippen LogP contribution in [0.1, 0.15) is 24.2 Å². The van der Waals surface area contributed by atoms with Gasteiger partial charge in [0.1, 0.15) is 5.75 Å². The molecule has 1 aliphatic heterocycles. The average molecular weight is 388 g/mol. The van der Waals surface area contributed by atoms with Gasteiger partial charge in [-0.1, -0.05) is 38.1 Å². The molecule has 0 atom stereocenters. The maximum absolute atomic E-state index is 12.6. The van der Waals surface area contributed by atoms with Crippen LogP contribution in [0.2, 0.25) is 0 Å². The van der Waals surface area contributed by atoms with E-state index in [1.807, 2.05) is 50.2 Å². The fourth-order valence-corrected chi connectivity index (χ4v) is 5.24. The van der Waals surface area contributed by atoms with Crippen LogP contribution in [-0.2, 0) is 9.84 Å². The minimum Gasteiger partial charge on any atom is -0.497 e. The Kier molecular flexibility index (Phi) is 5.56. The number of benzene rings is 2. The molecule has 1 fully saturated rings. The first-order valence-electron chi connectivity index (χ1n) is 9.05. The predicted octanol–water partition coefficient (Wildman–Crippen LogP) is 3.26. The number of methoxy groups -OCH3 is 1. The number of hydrogen-bond acceptors (Lipinski definition) is 4. The van der Waals surface area contributed by atoms with Crippen LogP contribution in [-0.4, -0.2) is 50.4 Å². The molecule has 1 saturated heterocycles. The van der Waals surface area contributed by atoms with E-state index in [-0.39, 0.29) is 30.7 Å². The quantitative estimate of drug-likeness (QED) is 0.763. The van der Waals surface area contributed by atoms with Crippen LogP contribution in [0.15, 0.2) is 48.5 Å². The molecule has 144 valence electrons. The van der Waals surface area contributed by atoms with Gasteiger partial charge in [-0.25, -0.2) is 8.42 Å². The van der Waals surface area contributed by atoms with E-state index >= 15 is 0 Å². The van der Waals surface area contributed by atoms with Gasteiger partial charge in [0, 0.05) is 18.7 Å². The summed E-state index contributed by atoms with van der Waals surface area (Å²) in [7, 11) is -1.50. The Hall–Kier alpha value is -2.34. The van der Waals surface area contributed by atoms with Crippen LogP contribution in [0.3, 0.4) is 0 Å². The minimum absolute atomic E-state index is 0.101. The van der Waals surface area contributed by atoms with Gasteiger partial charge in [0.2, 0.25) is 0 Å². The van der Waals surface area contributed by atoms with Crippen molar-refractivity contribution >= 4 is 15.7 Å². The molecule has 0 unspecified atom stereocenters. The fraction of sp³-hybridized carbons (Fsp3) is 0.381. The lowest BCUT2D eigenvalue weighted by Gasteiger charge is -2.39. The summed E-state index contributed by atoms with van der Waals surface area (Å²) in [5, 5.41) is -0.431. The molecular formula is C21H25NO4S. The van der Waals surface area contributed by atoms with Crippen molar-refractivity contribution in [2.75, 3.05) is 26.0 Å². The van der Waals surface area contributed by atoms with Crippen molar-refractivity contribution < 1.29 is 17.9 Å². The molecular weight excluding hydrogens is 362 g/mol. The third kappa shape index (κ3) is 4.33. The molecule has 1 heterocycles. The molecule has 0 bridgehead atoms. The standard InChI is InChI=1S/C21H25NO4S/c1-15(2)14-27(24,25)20-12-22(13-20)21(23)17-9-7-16(8-10-17)18-5-4-6-19(11-18)26-3/h4-11,15,20H,12-14H2,1-3H3. The lowest BCUT2D eigenvalue weighted by Crippen LogP contribution is -2.57. The number of carbonyl (C=O) groups excluding carboxylic acids is 1. The minimum atomic E-state index is -3.13. The summed E-state index contributed by atoms with van der Waals surface area (Å²) in [4.78, 5) is 14.2. The molecule has 0 aliphatic carbocycles. The third-order valence-corrected chi connectivity index (χ3v) is 7.19. The highest BCUT2D eigenvalue weighted by Gasteiger charge is 2.39. The van der Waals surface area contributed by atoms with Crippen molar-refractivity contribution in [3.8, 4) is 16.9 Å². The van der Waals surface area contributed by atoms with Crippen LogP contribution in [0.5, 0.6) is 5.75 Å². The SMILES string of the molecule is COc1cccc(-c2ccc(C(=O)N3CC(S(=O)(=O)CC(C)C)C3)cc2)c1. The molecule has 3 rings (SSSR count). The van der Waals surface area contributed by atoms with E-state index in [4.69, 9.17) is 4.74 Å². The second-order valence-corrected chi connectivity index (χ2v) is 9.69. The summed E-state index contributed by atoms with van der Waals surface area (Å²) in [5.74, 6) is 0.934. The smallest absolute Gasteiger partial charge is 0.253 e. The van der Waals surface area contributed by atoms with Gasteiger partial charge in [-0.3, -0.25) is 4.79 Å². The van der Waals surface area contributed by atoms with Crippen LogP contribution in [0.25, 0.3) is 11.1 Å². The molecule has 1 aliphatic rings. The lowest BCUT2D eigenvalue weighted by molar-refractivity contribution is 0.0659. The number of hydrogen-bond donors (Lipinski definition) is 0. The summed E-state index contributed by atoms with van der Waals surface area (Å²) in [6.45, 7) is 4.35. The first kappa shape index (κ1) is 19.4. The normalized spacial score (nSPS) is 14.9. The van der Waals surface area contributed by atoms with Crippen LogP contribution >= 0.6 is 0 Å². The van der Waals surface area contributed by atoms with E-state index < -0.39 is 15.1 Å². The lowest BCUT2D eigenvalue weighted by atomic mass is 10.0. The predicted molar refractivity (Wildman–Crippen MR) is 107 cm³/mol. The van der Waals surface area contributed by atoms with Gasteiger partial charge in [0.05, 0.1) is 18.1 Å². The number of sulfone groups is 1. The van der Waals surface area contributed by atoms with Crippen molar-refractivity contribution in [3.05, 3.63) is 54.1 Å². The number of likely N-dealkylation sites (tertiary alicyclic amines) is 1. The Morgan fingerprint density at radius 3 is 2.37 bits per heavy atom. The number of carbonyl (C=O) groups is 1. The Bertz CT molecular complexity index is 913. The number of amides is 1. The van der Waals surface area contributed by atoms with E-state index in [0.29, 0.717) is 5.56 Å². The van der Waals surface area contributed by atoms with Crippen molar-refractivity contribution in [3.63, 3.8) is 0 Å². The molecule has 0 saturated carbocycles. The van der Waals surface area contributed by atoms with E-state index in [2.05, 4.69) is 0 Å². The Labute approximate surface area is 160 Å². The highest BCUT2D eigenvalue weighted by atomic mass is 32.2. The molecule has 0 aromatic heterocycles. The maximum Gasteiger partial charge on any atom is 0.253 e. The first-order chi connectivity index (χ1) is 12.8. The molecule has 0 N–H and O–H groups in total. The Balaban J connectivity index is 1.65. The largest absolute Gasteiger partial charge is 0.497 e.